The Labute approximate surface area is 436 Å². The molecule has 0 spiro atoms. The third-order valence-corrected chi connectivity index (χ3v) is 14.8. The SMILES string of the molecule is CCCCCCCCCC/C=C\CCCCCCCCCCCCCC(=O)NC(COP(=O)(O)OCC[N+](C)(C)C)C(O)/C=C/CC/C=C/CCCCCCCCCCCCCCCCCCCCC. The van der Waals surface area contributed by atoms with E-state index in [0.29, 0.717) is 17.4 Å². The summed E-state index contributed by atoms with van der Waals surface area (Å²) in [6, 6.07) is -0.864. The van der Waals surface area contributed by atoms with E-state index in [-0.39, 0.29) is 19.1 Å². The van der Waals surface area contributed by atoms with E-state index in [1.807, 2.05) is 27.2 Å². The number of aliphatic hydroxyl groups is 1. The number of hydrogen-bond acceptors (Lipinski definition) is 5. The van der Waals surface area contributed by atoms with E-state index in [2.05, 4.69) is 43.5 Å². The smallest absolute Gasteiger partial charge is 0.387 e. The first kappa shape index (κ1) is 68.7. The zero-order valence-electron chi connectivity index (χ0n) is 47.3. The van der Waals surface area contributed by atoms with Crippen molar-refractivity contribution >= 4 is 13.7 Å². The average Bonchev–Trinajstić information content (AvgIpc) is 3.32. The summed E-state index contributed by atoms with van der Waals surface area (Å²) in [5.74, 6) is -0.184. The summed E-state index contributed by atoms with van der Waals surface area (Å²) < 4.78 is 23.7. The van der Waals surface area contributed by atoms with Gasteiger partial charge in [-0.1, -0.05) is 269 Å². The molecule has 9 heteroatoms. The van der Waals surface area contributed by atoms with Gasteiger partial charge in [0.25, 0.3) is 0 Å². The van der Waals surface area contributed by atoms with Crippen molar-refractivity contribution in [1.29, 1.82) is 0 Å². The molecule has 0 aliphatic heterocycles. The van der Waals surface area contributed by atoms with Gasteiger partial charge in [-0.15, -0.1) is 0 Å². The third-order valence-electron chi connectivity index (χ3n) is 13.8. The van der Waals surface area contributed by atoms with Crippen LogP contribution in [0.5, 0.6) is 0 Å². The fourth-order valence-electron chi connectivity index (χ4n) is 9.06. The molecule has 0 aromatic carbocycles. The van der Waals surface area contributed by atoms with Crippen molar-refractivity contribution in [3.63, 3.8) is 0 Å². The van der Waals surface area contributed by atoms with Gasteiger partial charge in [0.2, 0.25) is 5.91 Å². The molecule has 0 aliphatic rings. The lowest BCUT2D eigenvalue weighted by Gasteiger charge is -2.25. The van der Waals surface area contributed by atoms with Gasteiger partial charge in [-0.3, -0.25) is 13.8 Å². The molecule has 0 aromatic heterocycles. The van der Waals surface area contributed by atoms with E-state index in [9.17, 15) is 19.4 Å². The average molecular weight is 1010 g/mol. The second-order valence-electron chi connectivity index (χ2n) is 22.1. The van der Waals surface area contributed by atoms with Gasteiger partial charge in [0, 0.05) is 6.42 Å². The third kappa shape index (κ3) is 54.5. The molecule has 0 aliphatic carbocycles. The molecule has 0 fully saturated rings. The van der Waals surface area contributed by atoms with Crippen LogP contribution in [0.4, 0.5) is 0 Å². The molecule has 1 amide bonds. The maximum atomic E-state index is 13.0. The summed E-state index contributed by atoms with van der Waals surface area (Å²) in [6.45, 7) is 4.84. The lowest BCUT2D eigenvalue weighted by molar-refractivity contribution is -0.870. The zero-order valence-corrected chi connectivity index (χ0v) is 48.2. The molecule has 3 N–H and O–H groups in total. The molecular formula is C61H120N2O6P+. The Balaban J connectivity index is 4.21. The van der Waals surface area contributed by atoms with Gasteiger partial charge in [0.05, 0.1) is 39.9 Å². The van der Waals surface area contributed by atoms with E-state index in [1.165, 1.54) is 238 Å². The van der Waals surface area contributed by atoms with Gasteiger partial charge in [0.1, 0.15) is 13.2 Å². The number of unbranched alkanes of at least 4 members (excludes halogenated alkanes) is 39. The first-order chi connectivity index (χ1) is 34.0. The Hall–Kier alpha value is -1.28. The summed E-state index contributed by atoms with van der Waals surface area (Å²) in [4.78, 5) is 23.3. The largest absolute Gasteiger partial charge is 0.472 e. The molecule has 0 heterocycles. The lowest BCUT2D eigenvalue weighted by atomic mass is 10.0. The van der Waals surface area contributed by atoms with Crippen LogP contribution in [-0.2, 0) is 18.4 Å². The fourth-order valence-corrected chi connectivity index (χ4v) is 9.79. The number of rotatable bonds is 56. The highest BCUT2D eigenvalue weighted by Crippen LogP contribution is 2.43. The van der Waals surface area contributed by atoms with Gasteiger partial charge in [-0.25, -0.2) is 4.57 Å². The number of aliphatic hydroxyl groups excluding tert-OH is 1. The van der Waals surface area contributed by atoms with E-state index in [4.69, 9.17) is 9.05 Å². The van der Waals surface area contributed by atoms with E-state index in [0.717, 1.165) is 38.5 Å². The van der Waals surface area contributed by atoms with Gasteiger partial charge < -0.3 is 19.8 Å². The van der Waals surface area contributed by atoms with Crippen molar-refractivity contribution in [2.45, 2.75) is 309 Å². The second kappa shape index (κ2) is 52.6. The Morgan fingerprint density at radius 3 is 1.14 bits per heavy atom. The first-order valence-corrected chi connectivity index (χ1v) is 31.9. The summed E-state index contributed by atoms with van der Waals surface area (Å²) >= 11 is 0. The van der Waals surface area contributed by atoms with Crippen molar-refractivity contribution in [1.82, 2.24) is 5.32 Å². The maximum Gasteiger partial charge on any atom is 0.472 e. The molecule has 0 bridgehead atoms. The van der Waals surface area contributed by atoms with Crippen LogP contribution in [0.25, 0.3) is 0 Å². The minimum atomic E-state index is -4.36. The predicted octanol–water partition coefficient (Wildman–Crippen LogP) is 18.5. The monoisotopic (exact) mass is 1010 g/mol. The first-order valence-electron chi connectivity index (χ1n) is 30.4. The number of amides is 1. The number of carbonyl (C=O) groups is 1. The Morgan fingerprint density at radius 1 is 0.471 bits per heavy atom. The molecule has 0 saturated heterocycles. The minimum Gasteiger partial charge on any atom is -0.387 e. The number of nitrogens with one attached hydrogen (secondary N) is 1. The molecular weight excluding hydrogens is 888 g/mol. The van der Waals surface area contributed by atoms with Crippen LogP contribution in [0.1, 0.15) is 296 Å². The van der Waals surface area contributed by atoms with Crippen LogP contribution in [0.2, 0.25) is 0 Å². The number of phosphoric acid groups is 1. The zero-order chi connectivity index (χ0) is 51.3. The van der Waals surface area contributed by atoms with E-state index >= 15 is 0 Å². The van der Waals surface area contributed by atoms with Gasteiger partial charge in [-0.05, 0) is 57.8 Å². The highest BCUT2D eigenvalue weighted by Gasteiger charge is 2.27. The van der Waals surface area contributed by atoms with Crippen molar-refractivity contribution in [3.05, 3.63) is 36.5 Å². The molecule has 3 unspecified atom stereocenters. The highest BCUT2D eigenvalue weighted by molar-refractivity contribution is 7.47. The number of allylic oxidation sites excluding steroid dienone is 5. The van der Waals surface area contributed by atoms with Crippen molar-refractivity contribution < 1.29 is 32.9 Å². The molecule has 3 atom stereocenters. The summed E-state index contributed by atoms with van der Waals surface area (Å²) in [7, 11) is 1.56. The van der Waals surface area contributed by atoms with Crippen molar-refractivity contribution in [2.24, 2.45) is 0 Å². The number of phosphoric ester groups is 1. The Morgan fingerprint density at radius 2 is 0.786 bits per heavy atom. The van der Waals surface area contributed by atoms with Crippen LogP contribution >= 0.6 is 7.82 Å². The van der Waals surface area contributed by atoms with Gasteiger partial charge in [-0.2, -0.15) is 0 Å². The number of hydrogen-bond donors (Lipinski definition) is 3. The molecule has 8 nitrogen and oxygen atoms in total. The molecule has 0 aromatic rings. The molecule has 0 rings (SSSR count). The standard InChI is InChI=1S/C61H119N2O6P/c1-6-8-10-12-14-16-18-20-22-24-26-28-30-31-33-34-36-38-40-42-44-46-48-50-52-54-60(64)59(58-69-70(66,67)68-57-56-63(3,4)5)62-61(65)55-53-51-49-47-45-43-41-39-37-35-32-29-27-25-23-21-19-17-15-13-11-9-7-2/h25,27,44,46,52,54,59-60,64H,6-24,26,28-43,45,47-51,53,55-58H2,1-5H3,(H-,62,65,66,67)/p+1/b27-25-,46-44+,54-52+. The number of likely N-dealkylation sites (N-methyl/N-ethyl adjacent to an activating group) is 1. The maximum absolute atomic E-state index is 13.0. The molecule has 0 saturated carbocycles. The van der Waals surface area contributed by atoms with Crippen LogP contribution in [0, 0.1) is 0 Å². The lowest BCUT2D eigenvalue weighted by Crippen LogP contribution is -2.45. The Kier molecular flexibility index (Phi) is 51.6. The van der Waals surface area contributed by atoms with Crippen molar-refractivity contribution in [2.75, 3.05) is 40.9 Å². The fraction of sp³-hybridized carbons (Fsp3) is 0.885. The minimum absolute atomic E-state index is 0.0569. The highest BCUT2D eigenvalue weighted by atomic mass is 31.2. The van der Waals surface area contributed by atoms with Gasteiger partial charge >= 0.3 is 7.82 Å². The summed E-state index contributed by atoms with van der Waals surface area (Å²) in [5, 5.41) is 13.9. The van der Waals surface area contributed by atoms with Crippen molar-refractivity contribution in [3.8, 4) is 0 Å². The predicted molar refractivity (Wildman–Crippen MR) is 304 cm³/mol. The number of nitrogens with zero attached hydrogens (tertiary/aromatic N) is 1. The van der Waals surface area contributed by atoms with E-state index < -0.39 is 20.0 Å². The number of quaternary nitrogens is 1. The summed E-state index contributed by atoms with van der Waals surface area (Å²) in [5.41, 5.74) is 0. The molecule has 70 heavy (non-hydrogen) atoms. The molecule has 414 valence electrons. The van der Waals surface area contributed by atoms with Gasteiger partial charge in [0.15, 0.2) is 0 Å². The second-order valence-corrected chi connectivity index (χ2v) is 23.5. The normalized spacial score (nSPS) is 14.1. The van der Waals surface area contributed by atoms with Crippen LogP contribution in [0.3, 0.4) is 0 Å². The summed E-state index contributed by atoms with van der Waals surface area (Å²) in [6.07, 6.45) is 68.3. The van der Waals surface area contributed by atoms with Crippen LogP contribution in [-0.4, -0.2) is 73.4 Å². The number of carbonyl (C=O) groups excluding carboxylic acids is 1. The van der Waals surface area contributed by atoms with Crippen LogP contribution < -0.4 is 5.32 Å². The van der Waals surface area contributed by atoms with E-state index in [1.54, 1.807) is 6.08 Å². The Bertz CT molecular complexity index is 1230. The molecule has 0 radical (unpaired) electrons. The topological polar surface area (TPSA) is 105 Å². The quantitative estimate of drug-likeness (QED) is 0.0243. The van der Waals surface area contributed by atoms with Crippen LogP contribution in [0.15, 0.2) is 36.5 Å².